The van der Waals surface area contributed by atoms with E-state index < -0.39 is 0 Å². The molecule has 96 valence electrons. The van der Waals surface area contributed by atoms with Gasteiger partial charge in [-0.3, -0.25) is 0 Å². The molecular formula is C13H23N3O. The lowest BCUT2D eigenvalue weighted by Crippen LogP contribution is -2.32. The number of aromatic nitrogens is 2. The molecule has 1 aromatic heterocycles. The van der Waals surface area contributed by atoms with Crippen LogP contribution in [0.2, 0.25) is 0 Å². The molecule has 2 rings (SSSR count). The fourth-order valence-corrected chi connectivity index (χ4v) is 2.68. The van der Waals surface area contributed by atoms with Gasteiger partial charge in [0.15, 0.2) is 0 Å². The molecule has 1 atom stereocenters. The average Bonchev–Trinajstić information content (AvgIpc) is 2.65. The van der Waals surface area contributed by atoms with Gasteiger partial charge >= 0.3 is 0 Å². The highest BCUT2D eigenvalue weighted by Gasteiger charge is 2.19. The molecule has 0 saturated heterocycles. The number of nitrogens with zero attached hydrogens (tertiary/aromatic N) is 2. The molecule has 1 aliphatic carbocycles. The van der Waals surface area contributed by atoms with Gasteiger partial charge in [0.05, 0.1) is 5.69 Å². The fourth-order valence-electron chi connectivity index (χ4n) is 2.68. The van der Waals surface area contributed by atoms with E-state index in [4.69, 9.17) is 5.11 Å². The average molecular weight is 237 g/mol. The number of aryl methyl sites for hydroxylation is 2. The Balaban J connectivity index is 2.16. The van der Waals surface area contributed by atoms with Gasteiger partial charge in [0.25, 0.3) is 0 Å². The summed E-state index contributed by atoms with van der Waals surface area (Å²) in [5.74, 6) is 1.12. The van der Waals surface area contributed by atoms with Crippen molar-refractivity contribution in [1.82, 2.24) is 14.9 Å². The lowest BCUT2D eigenvalue weighted by Gasteiger charge is -2.20. The van der Waals surface area contributed by atoms with Crippen molar-refractivity contribution >= 4 is 0 Å². The highest BCUT2D eigenvalue weighted by atomic mass is 16.3. The molecular weight excluding hydrogens is 214 g/mol. The predicted molar refractivity (Wildman–Crippen MR) is 68.2 cm³/mol. The second kappa shape index (κ2) is 5.65. The monoisotopic (exact) mass is 237 g/mol. The van der Waals surface area contributed by atoms with E-state index in [1.807, 2.05) is 7.05 Å². The van der Waals surface area contributed by atoms with Crippen molar-refractivity contribution in [2.45, 2.75) is 51.6 Å². The zero-order valence-corrected chi connectivity index (χ0v) is 10.9. The van der Waals surface area contributed by atoms with Gasteiger partial charge < -0.3 is 15.0 Å². The number of nitrogens with one attached hydrogen (secondary N) is 1. The first-order valence-corrected chi connectivity index (χ1v) is 6.59. The third kappa shape index (κ3) is 2.69. The van der Waals surface area contributed by atoms with Gasteiger partial charge in [0.1, 0.15) is 5.82 Å². The third-order valence-corrected chi connectivity index (χ3v) is 3.71. The topological polar surface area (TPSA) is 50.1 Å². The quantitative estimate of drug-likeness (QED) is 0.804. The van der Waals surface area contributed by atoms with Crippen LogP contribution >= 0.6 is 0 Å². The first-order chi connectivity index (χ1) is 8.26. The summed E-state index contributed by atoms with van der Waals surface area (Å²) in [5, 5.41) is 12.3. The highest BCUT2D eigenvalue weighted by molar-refractivity contribution is 5.20. The zero-order valence-electron chi connectivity index (χ0n) is 10.9. The Kier molecular flexibility index (Phi) is 4.18. The van der Waals surface area contributed by atoms with Crippen LogP contribution in [-0.2, 0) is 19.4 Å². The molecule has 0 spiro atoms. The number of aliphatic hydroxyl groups is 1. The van der Waals surface area contributed by atoms with Gasteiger partial charge in [0, 0.05) is 24.9 Å². The van der Waals surface area contributed by atoms with Gasteiger partial charge in [-0.25, -0.2) is 4.98 Å². The van der Waals surface area contributed by atoms with E-state index in [1.54, 1.807) is 0 Å². The number of rotatable bonds is 5. The SMILES string of the molecule is CNC(CCO)Cn1c(C)nc2c1CCCC2. The molecule has 0 fully saturated rings. The standard InChI is InChI=1S/C13H23N3O/c1-10-15-12-5-3-4-6-13(12)16(10)9-11(14-2)7-8-17/h11,14,17H,3-9H2,1-2H3. The van der Waals surface area contributed by atoms with Crippen molar-refractivity contribution in [3.8, 4) is 0 Å². The number of fused-ring (bicyclic) bond motifs is 1. The Morgan fingerprint density at radius 3 is 2.88 bits per heavy atom. The van der Waals surface area contributed by atoms with Crippen LogP contribution in [0.5, 0.6) is 0 Å². The van der Waals surface area contributed by atoms with Gasteiger partial charge in [-0.2, -0.15) is 0 Å². The molecule has 4 nitrogen and oxygen atoms in total. The van der Waals surface area contributed by atoms with E-state index in [0.29, 0.717) is 6.04 Å². The van der Waals surface area contributed by atoms with Crippen molar-refractivity contribution in [2.75, 3.05) is 13.7 Å². The summed E-state index contributed by atoms with van der Waals surface area (Å²) in [6.07, 6.45) is 5.64. The van der Waals surface area contributed by atoms with E-state index in [-0.39, 0.29) is 6.61 Å². The minimum Gasteiger partial charge on any atom is -0.396 e. The molecule has 17 heavy (non-hydrogen) atoms. The number of imidazole rings is 1. The second-order valence-electron chi connectivity index (χ2n) is 4.87. The second-order valence-corrected chi connectivity index (χ2v) is 4.87. The van der Waals surface area contributed by atoms with E-state index in [1.165, 1.54) is 24.2 Å². The summed E-state index contributed by atoms with van der Waals surface area (Å²) >= 11 is 0. The van der Waals surface area contributed by atoms with E-state index in [0.717, 1.165) is 31.6 Å². The summed E-state index contributed by atoms with van der Waals surface area (Å²) in [7, 11) is 1.96. The van der Waals surface area contributed by atoms with Crippen molar-refractivity contribution in [2.24, 2.45) is 0 Å². The minimum absolute atomic E-state index is 0.238. The molecule has 2 N–H and O–H groups in total. The summed E-state index contributed by atoms with van der Waals surface area (Å²) in [6, 6.07) is 0.332. The highest BCUT2D eigenvalue weighted by Crippen LogP contribution is 2.22. The number of hydrogen-bond donors (Lipinski definition) is 2. The number of likely N-dealkylation sites (N-methyl/N-ethyl adjacent to an activating group) is 1. The first kappa shape index (κ1) is 12.6. The van der Waals surface area contributed by atoms with Gasteiger partial charge in [-0.1, -0.05) is 0 Å². The predicted octanol–water partition coefficient (Wildman–Crippen LogP) is 1.04. The molecule has 0 amide bonds. The molecule has 0 aliphatic heterocycles. The Labute approximate surface area is 103 Å². The summed E-state index contributed by atoms with van der Waals surface area (Å²) in [4.78, 5) is 4.67. The van der Waals surface area contributed by atoms with Crippen LogP contribution in [0, 0.1) is 6.92 Å². The molecule has 0 radical (unpaired) electrons. The molecule has 0 saturated carbocycles. The minimum atomic E-state index is 0.238. The first-order valence-electron chi connectivity index (χ1n) is 6.59. The lowest BCUT2D eigenvalue weighted by atomic mass is 10.0. The van der Waals surface area contributed by atoms with Gasteiger partial charge in [-0.15, -0.1) is 0 Å². The maximum Gasteiger partial charge on any atom is 0.106 e. The van der Waals surface area contributed by atoms with Crippen LogP contribution < -0.4 is 5.32 Å². The molecule has 4 heteroatoms. The Hall–Kier alpha value is -0.870. The van der Waals surface area contributed by atoms with Crippen molar-refractivity contribution < 1.29 is 5.11 Å². The van der Waals surface area contributed by atoms with Crippen molar-refractivity contribution in [3.05, 3.63) is 17.2 Å². The lowest BCUT2D eigenvalue weighted by molar-refractivity contribution is 0.259. The van der Waals surface area contributed by atoms with Crippen LogP contribution in [0.25, 0.3) is 0 Å². The zero-order chi connectivity index (χ0) is 12.3. The molecule has 0 bridgehead atoms. The van der Waals surface area contributed by atoms with Gasteiger partial charge in [-0.05, 0) is 46.1 Å². The van der Waals surface area contributed by atoms with E-state index >= 15 is 0 Å². The Morgan fingerprint density at radius 2 is 2.18 bits per heavy atom. The Bertz CT molecular complexity index is 373. The van der Waals surface area contributed by atoms with E-state index in [2.05, 4.69) is 21.8 Å². The Morgan fingerprint density at radius 1 is 1.41 bits per heavy atom. The van der Waals surface area contributed by atoms with Crippen molar-refractivity contribution in [3.63, 3.8) is 0 Å². The van der Waals surface area contributed by atoms with Crippen molar-refractivity contribution in [1.29, 1.82) is 0 Å². The van der Waals surface area contributed by atoms with Crippen LogP contribution in [-0.4, -0.2) is 34.4 Å². The summed E-state index contributed by atoms with van der Waals surface area (Å²) in [6.45, 7) is 3.25. The summed E-state index contributed by atoms with van der Waals surface area (Å²) < 4.78 is 2.34. The number of hydrogen-bond acceptors (Lipinski definition) is 3. The van der Waals surface area contributed by atoms with Crippen LogP contribution in [0.3, 0.4) is 0 Å². The normalized spacial score (nSPS) is 16.9. The van der Waals surface area contributed by atoms with Crippen LogP contribution in [0.15, 0.2) is 0 Å². The largest absolute Gasteiger partial charge is 0.396 e. The molecule has 1 aromatic rings. The molecule has 1 aliphatic rings. The smallest absolute Gasteiger partial charge is 0.106 e. The maximum absolute atomic E-state index is 9.04. The van der Waals surface area contributed by atoms with Crippen LogP contribution in [0.4, 0.5) is 0 Å². The van der Waals surface area contributed by atoms with E-state index in [9.17, 15) is 0 Å². The molecule has 0 aromatic carbocycles. The number of aliphatic hydroxyl groups excluding tert-OH is 1. The van der Waals surface area contributed by atoms with Crippen LogP contribution in [0.1, 0.15) is 36.5 Å². The fraction of sp³-hybridized carbons (Fsp3) is 0.769. The maximum atomic E-state index is 9.04. The summed E-state index contributed by atoms with van der Waals surface area (Å²) in [5.41, 5.74) is 2.72. The molecule has 1 heterocycles. The third-order valence-electron chi connectivity index (χ3n) is 3.71. The van der Waals surface area contributed by atoms with Gasteiger partial charge in [0.2, 0.25) is 0 Å². The molecule has 1 unspecified atom stereocenters.